The maximum Gasteiger partial charge on any atom is 0.270 e. The SMILES string of the molecule is O=C(N[C@H]1[C@H]2CCCC[C@@H]2[C@@H]1c1ccccc1)c1ccccn1. The highest BCUT2D eigenvalue weighted by Crippen LogP contribution is 2.54. The molecule has 0 radical (unpaired) electrons. The van der Waals surface area contributed by atoms with Crippen LogP contribution < -0.4 is 5.32 Å². The van der Waals surface area contributed by atoms with E-state index < -0.39 is 0 Å². The third-order valence-corrected chi connectivity index (χ3v) is 5.56. The summed E-state index contributed by atoms with van der Waals surface area (Å²) in [6.07, 6.45) is 6.82. The third kappa shape index (κ3) is 2.65. The summed E-state index contributed by atoms with van der Waals surface area (Å²) in [7, 11) is 0. The number of aromatic nitrogens is 1. The Morgan fingerprint density at radius 1 is 0.957 bits per heavy atom. The van der Waals surface area contributed by atoms with Crippen molar-refractivity contribution in [1.82, 2.24) is 10.3 Å². The van der Waals surface area contributed by atoms with Crippen LogP contribution in [0.5, 0.6) is 0 Å². The van der Waals surface area contributed by atoms with Gasteiger partial charge < -0.3 is 5.32 Å². The standard InChI is InChI=1S/C20H22N2O/c23-20(17-12-6-7-13-21-17)22-19-16-11-5-4-10-15(16)18(19)14-8-2-1-3-9-14/h1-3,6-9,12-13,15-16,18-19H,4-5,10-11H2,(H,22,23)/t15-,16-,18-,19-/m0/s1. The van der Waals surface area contributed by atoms with Crippen LogP contribution in [0.15, 0.2) is 54.7 Å². The minimum atomic E-state index is -0.0412. The van der Waals surface area contributed by atoms with E-state index in [2.05, 4.69) is 40.6 Å². The van der Waals surface area contributed by atoms with Gasteiger partial charge in [0.05, 0.1) is 0 Å². The second kappa shape index (κ2) is 6.15. The fraction of sp³-hybridized carbons (Fsp3) is 0.400. The second-order valence-electron chi connectivity index (χ2n) is 6.76. The van der Waals surface area contributed by atoms with Crippen molar-refractivity contribution in [2.24, 2.45) is 11.8 Å². The van der Waals surface area contributed by atoms with E-state index in [-0.39, 0.29) is 11.9 Å². The molecule has 2 saturated carbocycles. The first-order valence-corrected chi connectivity index (χ1v) is 8.61. The van der Waals surface area contributed by atoms with E-state index in [4.69, 9.17) is 0 Å². The van der Waals surface area contributed by atoms with Crippen molar-refractivity contribution in [2.75, 3.05) is 0 Å². The molecule has 2 aliphatic carbocycles. The van der Waals surface area contributed by atoms with Crippen LogP contribution in [-0.4, -0.2) is 16.9 Å². The highest BCUT2D eigenvalue weighted by Gasteiger charge is 2.51. The first kappa shape index (κ1) is 14.4. The number of hydrogen-bond acceptors (Lipinski definition) is 2. The molecule has 1 heterocycles. The maximum absolute atomic E-state index is 12.5. The summed E-state index contributed by atoms with van der Waals surface area (Å²) in [4.78, 5) is 16.7. The number of benzene rings is 1. The molecule has 23 heavy (non-hydrogen) atoms. The quantitative estimate of drug-likeness (QED) is 0.937. The van der Waals surface area contributed by atoms with Crippen LogP contribution in [0.4, 0.5) is 0 Å². The zero-order chi connectivity index (χ0) is 15.6. The number of hydrogen-bond donors (Lipinski definition) is 1. The van der Waals surface area contributed by atoms with Crippen LogP contribution in [0.1, 0.15) is 47.7 Å². The lowest BCUT2D eigenvalue weighted by Crippen LogP contribution is -2.59. The van der Waals surface area contributed by atoms with Crippen molar-refractivity contribution >= 4 is 5.91 Å². The second-order valence-corrected chi connectivity index (χ2v) is 6.76. The summed E-state index contributed by atoms with van der Waals surface area (Å²) < 4.78 is 0. The van der Waals surface area contributed by atoms with E-state index >= 15 is 0 Å². The molecule has 1 N–H and O–H groups in total. The molecule has 4 atom stereocenters. The van der Waals surface area contributed by atoms with E-state index in [0.717, 1.165) is 5.92 Å². The fourth-order valence-electron chi connectivity index (χ4n) is 4.52. The number of pyridine rings is 1. The number of carbonyl (C=O) groups is 1. The van der Waals surface area contributed by atoms with Crippen molar-refractivity contribution in [1.29, 1.82) is 0 Å². The van der Waals surface area contributed by atoms with Crippen LogP contribution in [-0.2, 0) is 0 Å². The number of carbonyl (C=O) groups excluding carboxylic acids is 1. The first-order chi connectivity index (χ1) is 11.3. The molecule has 0 aliphatic heterocycles. The van der Waals surface area contributed by atoms with E-state index in [9.17, 15) is 4.79 Å². The number of rotatable bonds is 3. The number of amides is 1. The van der Waals surface area contributed by atoms with Crippen LogP contribution in [0.3, 0.4) is 0 Å². The molecule has 2 fully saturated rings. The molecular formula is C20H22N2O. The van der Waals surface area contributed by atoms with Gasteiger partial charge >= 0.3 is 0 Å². The van der Waals surface area contributed by atoms with E-state index in [1.807, 2.05) is 12.1 Å². The van der Waals surface area contributed by atoms with Crippen molar-refractivity contribution in [3.05, 3.63) is 66.0 Å². The Morgan fingerprint density at radius 2 is 1.70 bits per heavy atom. The lowest BCUT2D eigenvalue weighted by atomic mass is 9.53. The molecule has 4 rings (SSSR count). The molecule has 1 aromatic carbocycles. The van der Waals surface area contributed by atoms with Crippen LogP contribution >= 0.6 is 0 Å². The Hall–Kier alpha value is -2.16. The molecular weight excluding hydrogens is 284 g/mol. The van der Waals surface area contributed by atoms with Crippen molar-refractivity contribution in [2.45, 2.75) is 37.6 Å². The van der Waals surface area contributed by atoms with Gasteiger partial charge in [0.1, 0.15) is 5.69 Å². The molecule has 3 heteroatoms. The summed E-state index contributed by atoms with van der Waals surface area (Å²) in [5.41, 5.74) is 1.88. The predicted octanol–water partition coefficient (Wildman–Crippen LogP) is 3.78. The Labute approximate surface area is 137 Å². The third-order valence-electron chi connectivity index (χ3n) is 5.56. The number of nitrogens with zero attached hydrogens (tertiary/aromatic N) is 1. The number of fused-ring (bicyclic) bond motifs is 1. The normalized spacial score (nSPS) is 29.2. The predicted molar refractivity (Wildman–Crippen MR) is 90.1 cm³/mol. The summed E-state index contributed by atoms with van der Waals surface area (Å²) >= 11 is 0. The molecule has 118 valence electrons. The first-order valence-electron chi connectivity index (χ1n) is 8.61. The minimum absolute atomic E-state index is 0.0412. The van der Waals surface area contributed by atoms with Gasteiger partial charge in [-0.25, -0.2) is 0 Å². The van der Waals surface area contributed by atoms with Gasteiger partial charge in [0.15, 0.2) is 0 Å². The van der Waals surface area contributed by atoms with Gasteiger partial charge in [-0.3, -0.25) is 9.78 Å². The molecule has 0 spiro atoms. The molecule has 2 aliphatic rings. The van der Waals surface area contributed by atoms with E-state index in [1.165, 1.54) is 31.2 Å². The summed E-state index contributed by atoms with van der Waals surface area (Å²) in [6, 6.07) is 16.4. The highest BCUT2D eigenvalue weighted by molar-refractivity contribution is 5.92. The zero-order valence-corrected chi connectivity index (χ0v) is 13.2. The Balaban J connectivity index is 1.56. The smallest absolute Gasteiger partial charge is 0.270 e. The van der Waals surface area contributed by atoms with Crippen LogP contribution in [0.25, 0.3) is 0 Å². The highest BCUT2D eigenvalue weighted by atomic mass is 16.2. The minimum Gasteiger partial charge on any atom is -0.347 e. The molecule has 1 amide bonds. The molecule has 0 bridgehead atoms. The lowest BCUT2D eigenvalue weighted by molar-refractivity contribution is 0.0250. The fourth-order valence-corrected chi connectivity index (χ4v) is 4.52. The maximum atomic E-state index is 12.5. The zero-order valence-electron chi connectivity index (χ0n) is 13.2. The van der Waals surface area contributed by atoms with Gasteiger partial charge in [-0.05, 0) is 42.4 Å². The summed E-state index contributed by atoms with van der Waals surface area (Å²) in [5, 5.41) is 3.28. The average molecular weight is 306 g/mol. The molecule has 0 unspecified atom stereocenters. The Bertz CT molecular complexity index is 671. The topological polar surface area (TPSA) is 42.0 Å². The van der Waals surface area contributed by atoms with Crippen molar-refractivity contribution in [3.8, 4) is 0 Å². The van der Waals surface area contributed by atoms with Gasteiger partial charge in [0, 0.05) is 18.2 Å². The molecule has 0 saturated heterocycles. The van der Waals surface area contributed by atoms with Gasteiger partial charge in [-0.1, -0.05) is 49.2 Å². The molecule has 2 aromatic rings. The Kier molecular flexibility index (Phi) is 3.86. The molecule has 1 aromatic heterocycles. The largest absolute Gasteiger partial charge is 0.347 e. The average Bonchev–Trinajstić information content (AvgIpc) is 2.61. The Morgan fingerprint density at radius 3 is 2.43 bits per heavy atom. The van der Waals surface area contributed by atoms with Crippen molar-refractivity contribution in [3.63, 3.8) is 0 Å². The lowest BCUT2D eigenvalue weighted by Gasteiger charge is -2.55. The van der Waals surface area contributed by atoms with Crippen molar-refractivity contribution < 1.29 is 4.79 Å². The van der Waals surface area contributed by atoms with E-state index in [0.29, 0.717) is 17.5 Å². The summed E-state index contributed by atoms with van der Waals surface area (Å²) in [6.45, 7) is 0. The van der Waals surface area contributed by atoms with Crippen LogP contribution in [0.2, 0.25) is 0 Å². The monoisotopic (exact) mass is 306 g/mol. The van der Waals surface area contributed by atoms with Gasteiger partial charge in [-0.2, -0.15) is 0 Å². The van der Waals surface area contributed by atoms with Gasteiger partial charge in [0.25, 0.3) is 5.91 Å². The number of nitrogens with one attached hydrogen (secondary N) is 1. The van der Waals surface area contributed by atoms with E-state index in [1.54, 1.807) is 12.3 Å². The van der Waals surface area contributed by atoms with Crippen LogP contribution in [0, 0.1) is 11.8 Å². The summed E-state index contributed by atoms with van der Waals surface area (Å²) in [5.74, 6) is 1.76. The molecule has 3 nitrogen and oxygen atoms in total. The van der Waals surface area contributed by atoms with Gasteiger partial charge in [0.2, 0.25) is 0 Å². The van der Waals surface area contributed by atoms with Gasteiger partial charge in [-0.15, -0.1) is 0 Å².